The zero-order valence-corrected chi connectivity index (χ0v) is 7.48. The van der Waals surface area contributed by atoms with Crippen LogP contribution in [-0.4, -0.2) is 20.4 Å². The largest absolute Gasteiger partial charge is 0.265 e. The highest BCUT2D eigenvalue weighted by molar-refractivity contribution is 7.94. The lowest BCUT2D eigenvalue weighted by molar-refractivity contribution is 0.605. The Labute approximate surface area is 66.8 Å². The smallest absolute Gasteiger partial charge is 0.173 e. The molecule has 1 rings (SSSR count). The van der Waals surface area contributed by atoms with Crippen molar-refractivity contribution < 1.29 is 8.42 Å². The molecule has 0 aromatic heterocycles. The highest BCUT2D eigenvalue weighted by Crippen LogP contribution is 2.16. The molecule has 1 heterocycles. The van der Waals surface area contributed by atoms with E-state index in [1.54, 1.807) is 0 Å². The van der Waals surface area contributed by atoms with E-state index in [9.17, 15) is 8.42 Å². The van der Waals surface area contributed by atoms with Crippen LogP contribution in [0.25, 0.3) is 0 Å². The van der Waals surface area contributed by atoms with Gasteiger partial charge in [-0.3, -0.25) is 4.99 Å². The molecule has 1 aliphatic heterocycles. The van der Waals surface area contributed by atoms with Gasteiger partial charge in [0.2, 0.25) is 0 Å². The maximum atomic E-state index is 11.0. The zero-order chi connectivity index (χ0) is 8.48. The molecule has 3 nitrogen and oxygen atoms in total. The SMILES string of the molecule is CC1=NC=C(S(C)(=O)=O)CC1. The van der Waals surface area contributed by atoms with Crippen molar-refractivity contribution in [3.63, 3.8) is 0 Å². The van der Waals surface area contributed by atoms with Crippen LogP contribution in [0.5, 0.6) is 0 Å². The van der Waals surface area contributed by atoms with E-state index >= 15 is 0 Å². The standard InChI is InChI=1S/C7H11NO2S/c1-6-3-4-7(5-8-6)11(2,9)10/h5H,3-4H2,1-2H3. The van der Waals surface area contributed by atoms with Crippen molar-refractivity contribution in [3.8, 4) is 0 Å². The number of hydrogen-bond donors (Lipinski definition) is 0. The maximum absolute atomic E-state index is 11.0. The van der Waals surface area contributed by atoms with Gasteiger partial charge in [-0.25, -0.2) is 8.42 Å². The highest BCUT2D eigenvalue weighted by atomic mass is 32.2. The molecule has 0 N–H and O–H groups in total. The van der Waals surface area contributed by atoms with Gasteiger partial charge in [-0.2, -0.15) is 0 Å². The summed E-state index contributed by atoms with van der Waals surface area (Å²) in [5, 5.41) is 0. The summed E-state index contributed by atoms with van der Waals surface area (Å²) in [5.74, 6) is 0. The first-order chi connectivity index (χ1) is 5.00. The lowest BCUT2D eigenvalue weighted by Gasteiger charge is -2.08. The van der Waals surface area contributed by atoms with E-state index in [0.717, 1.165) is 12.1 Å². The molecule has 11 heavy (non-hydrogen) atoms. The van der Waals surface area contributed by atoms with Crippen LogP contribution >= 0.6 is 0 Å². The molecule has 0 fully saturated rings. The zero-order valence-electron chi connectivity index (χ0n) is 6.66. The second kappa shape index (κ2) is 2.77. The Balaban J connectivity index is 2.95. The maximum Gasteiger partial charge on any atom is 0.173 e. The van der Waals surface area contributed by atoms with Crippen LogP contribution in [-0.2, 0) is 9.84 Å². The minimum Gasteiger partial charge on any atom is -0.265 e. The van der Waals surface area contributed by atoms with Crippen molar-refractivity contribution in [2.24, 2.45) is 4.99 Å². The van der Waals surface area contributed by atoms with Gasteiger partial charge in [0.25, 0.3) is 0 Å². The molecular formula is C7H11NO2S. The molecule has 0 bridgehead atoms. The summed E-state index contributed by atoms with van der Waals surface area (Å²) in [4.78, 5) is 4.40. The van der Waals surface area contributed by atoms with Crippen molar-refractivity contribution in [1.82, 2.24) is 0 Å². The summed E-state index contributed by atoms with van der Waals surface area (Å²) in [7, 11) is -3.00. The van der Waals surface area contributed by atoms with Crippen molar-refractivity contribution >= 4 is 15.5 Å². The third-order valence-electron chi connectivity index (χ3n) is 1.64. The fraction of sp³-hybridized carbons (Fsp3) is 0.571. The van der Waals surface area contributed by atoms with Gasteiger partial charge < -0.3 is 0 Å². The van der Waals surface area contributed by atoms with Gasteiger partial charge in [-0.05, 0) is 19.8 Å². The van der Waals surface area contributed by atoms with Crippen LogP contribution < -0.4 is 0 Å². The van der Waals surface area contributed by atoms with E-state index in [0.29, 0.717) is 11.3 Å². The van der Waals surface area contributed by atoms with Crippen molar-refractivity contribution in [1.29, 1.82) is 0 Å². The summed E-state index contributed by atoms with van der Waals surface area (Å²) >= 11 is 0. The molecule has 0 amide bonds. The Morgan fingerprint density at radius 3 is 2.45 bits per heavy atom. The molecule has 0 aliphatic carbocycles. The molecule has 0 unspecified atom stereocenters. The molecule has 4 heteroatoms. The number of sulfone groups is 1. The van der Waals surface area contributed by atoms with Crippen molar-refractivity contribution in [2.45, 2.75) is 19.8 Å². The molecule has 0 saturated carbocycles. The molecule has 0 saturated heterocycles. The van der Waals surface area contributed by atoms with E-state index in [4.69, 9.17) is 0 Å². The van der Waals surface area contributed by atoms with Gasteiger partial charge in [0, 0.05) is 18.2 Å². The van der Waals surface area contributed by atoms with Crippen LogP contribution in [0, 0.1) is 0 Å². The monoisotopic (exact) mass is 173 g/mol. The van der Waals surface area contributed by atoms with Gasteiger partial charge in [0.05, 0.1) is 4.91 Å². The summed E-state index contributed by atoms with van der Waals surface area (Å²) in [6.45, 7) is 1.90. The predicted molar refractivity (Wildman–Crippen MR) is 45.3 cm³/mol. The number of allylic oxidation sites excluding steroid dienone is 1. The fourth-order valence-electron chi connectivity index (χ4n) is 0.897. The number of rotatable bonds is 1. The number of aliphatic imine (C=N–C) groups is 1. The average molecular weight is 173 g/mol. The summed E-state index contributed by atoms with van der Waals surface area (Å²) in [5.41, 5.74) is 0.998. The van der Waals surface area contributed by atoms with Gasteiger partial charge in [0.1, 0.15) is 0 Å². The summed E-state index contributed by atoms with van der Waals surface area (Å²) in [6.07, 6.45) is 4.04. The van der Waals surface area contributed by atoms with Crippen LogP contribution in [0.2, 0.25) is 0 Å². The minimum atomic E-state index is -3.00. The Bertz CT molecular complexity index is 311. The van der Waals surface area contributed by atoms with Crippen LogP contribution in [0.3, 0.4) is 0 Å². The normalized spacial score (nSPS) is 19.1. The first kappa shape index (κ1) is 8.46. The number of nitrogens with zero attached hydrogens (tertiary/aromatic N) is 1. The molecule has 0 radical (unpaired) electrons. The Kier molecular flexibility index (Phi) is 2.13. The molecule has 0 atom stereocenters. The molecular weight excluding hydrogens is 162 g/mol. The first-order valence-corrected chi connectivity index (χ1v) is 5.31. The Hall–Kier alpha value is -0.640. The van der Waals surface area contributed by atoms with E-state index in [-0.39, 0.29) is 0 Å². The minimum absolute atomic E-state index is 0.447. The summed E-state index contributed by atoms with van der Waals surface area (Å²) in [6, 6.07) is 0. The summed E-state index contributed by atoms with van der Waals surface area (Å²) < 4.78 is 21.9. The lowest BCUT2D eigenvalue weighted by atomic mass is 10.2. The van der Waals surface area contributed by atoms with E-state index in [2.05, 4.69) is 4.99 Å². The van der Waals surface area contributed by atoms with Gasteiger partial charge >= 0.3 is 0 Å². The second-order valence-corrected chi connectivity index (χ2v) is 4.80. The van der Waals surface area contributed by atoms with Crippen LogP contribution in [0.1, 0.15) is 19.8 Å². The van der Waals surface area contributed by atoms with Crippen LogP contribution in [0.4, 0.5) is 0 Å². The van der Waals surface area contributed by atoms with E-state index < -0.39 is 9.84 Å². The van der Waals surface area contributed by atoms with Crippen molar-refractivity contribution in [3.05, 3.63) is 11.1 Å². The van der Waals surface area contributed by atoms with Crippen LogP contribution in [0.15, 0.2) is 16.1 Å². The first-order valence-electron chi connectivity index (χ1n) is 3.42. The number of hydrogen-bond acceptors (Lipinski definition) is 3. The van der Waals surface area contributed by atoms with Gasteiger partial charge in [0.15, 0.2) is 9.84 Å². The Morgan fingerprint density at radius 2 is 2.09 bits per heavy atom. The Morgan fingerprint density at radius 1 is 1.45 bits per heavy atom. The predicted octanol–water partition coefficient (Wildman–Crippen LogP) is 1.13. The van der Waals surface area contributed by atoms with E-state index in [1.807, 2.05) is 6.92 Å². The topological polar surface area (TPSA) is 46.5 Å². The second-order valence-electron chi connectivity index (χ2n) is 2.73. The molecule has 0 aromatic carbocycles. The lowest BCUT2D eigenvalue weighted by Crippen LogP contribution is -2.06. The van der Waals surface area contributed by atoms with Gasteiger partial charge in [-0.15, -0.1) is 0 Å². The molecule has 0 spiro atoms. The highest BCUT2D eigenvalue weighted by Gasteiger charge is 2.13. The quantitative estimate of drug-likeness (QED) is 0.596. The third-order valence-corrected chi connectivity index (χ3v) is 2.90. The average Bonchev–Trinajstić information content (AvgIpc) is 1.86. The third kappa shape index (κ3) is 2.15. The van der Waals surface area contributed by atoms with E-state index in [1.165, 1.54) is 12.5 Å². The fourth-order valence-corrected chi connectivity index (χ4v) is 1.61. The van der Waals surface area contributed by atoms with Gasteiger partial charge in [-0.1, -0.05) is 0 Å². The van der Waals surface area contributed by atoms with Crippen molar-refractivity contribution in [2.75, 3.05) is 6.26 Å². The molecule has 62 valence electrons. The molecule has 1 aliphatic rings. The molecule has 0 aromatic rings.